The lowest BCUT2D eigenvalue weighted by atomic mass is 10.1. The molecular formula is C18H15NO5. The van der Waals surface area contributed by atoms with Crippen LogP contribution in [0.5, 0.6) is 11.5 Å². The summed E-state index contributed by atoms with van der Waals surface area (Å²) < 4.78 is 10.8. The van der Waals surface area contributed by atoms with Crippen LogP contribution >= 0.6 is 0 Å². The minimum Gasteiger partial charge on any atom is -0.497 e. The zero-order chi connectivity index (χ0) is 17.1. The van der Waals surface area contributed by atoms with Crippen molar-refractivity contribution in [2.24, 2.45) is 0 Å². The summed E-state index contributed by atoms with van der Waals surface area (Å²) in [5.41, 5.74) is 1.15. The third kappa shape index (κ3) is 3.08. The van der Waals surface area contributed by atoms with Crippen molar-refractivity contribution in [3.05, 3.63) is 59.9 Å². The van der Waals surface area contributed by atoms with Crippen molar-refractivity contribution in [1.29, 1.82) is 0 Å². The van der Waals surface area contributed by atoms with Gasteiger partial charge in [-0.05, 0) is 35.9 Å². The molecule has 0 fully saturated rings. The average molecular weight is 325 g/mol. The maximum absolute atomic E-state index is 12.6. The Kier molecular flexibility index (Phi) is 4.20. The van der Waals surface area contributed by atoms with Crippen LogP contribution in [0.25, 0.3) is 6.08 Å². The summed E-state index contributed by atoms with van der Waals surface area (Å²) >= 11 is 0. The Morgan fingerprint density at radius 1 is 1.25 bits per heavy atom. The van der Waals surface area contributed by atoms with Gasteiger partial charge in [0.25, 0.3) is 5.91 Å². The molecular weight excluding hydrogens is 310 g/mol. The van der Waals surface area contributed by atoms with Gasteiger partial charge in [-0.15, -0.1) is 0 Å². The van der Waals surface area contributed by atoms with Crippen molar-refractivity contribution in [3.8, 4) is 11.5 Å². The number of aliphatic carboxylic acids is 1. The average Bonchev–Trinajstić information content (AvgIpc) is 2.58. The molecule has 3 rings (SSSR count). The van der Waals surface area contributed by atoms with Gasteiger partial charge in [-0.25, -0.2) is 0 Å². The van der Waals surface area contributed by atoms with Crippen LogP contribution in [0, 0.1) is 0 Å². The van der Waals surface area contributed by atoms with Gasteiger partial charge < -0.3 is 14.6 Å². The van der Waals surface area contributed by atoms with E-state index in [1.807, 2.05) is 0 Å². The smallest absolute Gasteiger partial charge is 0.323 e. The molecule has 2 aromatic carbocycles. The molecule has 0 bridgehead atoms. The van der Waals surface area contributed by atoms with Crippen molar-refractivity contribution in [3.63, 3.8) is 0 Å². The zero-order valence-electron chi connectivity index (χ0n) is 12.9. The Morgan fingerprint density at radius 2 is 2.04 bits per heavy atom. The third-order valence-electron chi connectivity index (χ3n) is 3.52. The molecule has 0 atom stereocenters. The van der Waals surface area contributed by atoms with E-state index < -0.39 is 18.4 Å². The number of hydrogen-bond acceptors (Lipinski definition) is 4. The Morgan fingerprint density at radius 3 is 2.79 bits per heavy atom. The highest BCUT2D eigenvalue weighted by Crippen LogP contribution is 2.35. The van der Waals surface area contributed by atoms with E-state index in [9.17, 15) is 9.59 Å². The first-order valence-corrected chi connectivity index (χ1v) is 7.25. The van der Waals surface area contributed by atoms with Crippen LogP contribution in [0.1, 0.15) is 5.56 Å². The van der Waals surface area contributed by atoms with Gasteiger partial charge in [-0.2, -0.15) is 0 Å². The minimum absolute atomic E-state index is 0.0585. The number of carbonyl (C=O) groups is 2. The number of methoxy groups -OCH3 is 1. The van der Waals surface area contributed by atoms with E-state index in [4.69, 9.17) is 14.6 Å². The number of anilines is 1. The van der Waals surface area contributed by atoms with Gasteiger partial charge in [0.15, 0.2) is 11.5 Å². The molecule has 6 heteroatoms. The fraction of sp³-hybridized carbons (Fsp3) is 0.111. The number of benzene rings is 2. The van der Waals surface area contributed by atoms with Crippen LogP contribution in [-0.4, -0.2) is 30.6 Å². The minimum atomic E-state index is -1.10. The molecule has 0 aromatic heterocycles. The molecule has 0 spiro atoms. The van der Waals surface area contributed by atoms with Gasteiger partial charge >= 0.3 is 5.97 Å². The molecule has 0 radical (unpaired) electrons. The van der Waals surface area contributed by atoms with Crippen molar-refractivity contribution in [2.45, 2.75) is 0 Å². The predicted octanol–water partition coefficient (Wildman–Crippen LogP) is 2.55. The number of nitrogens with zero attached hydrogens (tertiary/aromatic N) is 1. The van der Waals surface area contributed by atoms with E-state index in [-0.39, 0.29) is 5.76 Å². The van der Waals surface area contributed by atoms with E-state index >= 15 is 0 Å². The van der Waals surface area contributed by atoms with Crippen LogP contribution in [0.3, 0.4) is 0 Å². The lowest BCUT2D eigenvalue weighted by Crippen LogP contribution is -2.40. The van der Waals surface area contributed by atoms with E-state index in [1.165, 1.54) is 4.90 Å². The second-order valence-corrected chi connectivity index (χ2v) is 5.14. The van der Waals surface area contributed by atoms with E-state index in [0.717, 1.165) is 0 Å². The Balaban J connectivity index is 2.02. The van der Waals surface area contributed by atoms with Gasteiger partial charge in [-0.3, -0.25) is 14.5 Å². The van der Waals surface area contributed by atoms with Crippen molar-refractivity contribution in [1.82, 2.24) is 0 Å². The summed E-state index contributed by atoms with van der Waals surface area (Å²) in [6.45, 7) is -0.436. The van der Waals surface area contributed by atoms with Crippen molar-refractivity contribution >= 4 is 23.6 Å². The highest BCUT2D eigenvalue weighted by atomic mass is 16.5. The zero-order valence-corrected chi connectivity index (χ0v) is 12.9. The molecule has 0 saturated heterocycles. The monoisotopic (exact) mass is 325 g/mol. The Hall–Kier alpha value is -3.28. The van der Waals surface area contributed by atoms with Gasteiger partial charge in [0.1, 0.15) is 12.3 Å². The molecule has 1 N–H and O–H groups in total. The predicted molar refractivity (Wildman–Crippen MR) is 88.0 cm³/mol. The van der Waals surface area contributed by atoms with Gasteiger partial charge in [0.05, 0.1) is 12.8 Å². The normalized spacial score (nSPS) is 15.0. The van der Waals surface area contributed by atoms with Gasteiger partial charge in [0.2, 0.25) is 0 Å². The van der Waals surface area contributed by atoms with Crippen LogP contribution in [0.4, 0.5) is 5.69 Å². The number of hydrogen-bond donors (Lipinski definition) is 1. The lowest BCUT2D eigenvalue weighted by Gasteiger charge is -2.29. The molecule has 0 aliphatic carbocycles. The molecule has 1 amide bonds. The first-order valence-electron chi connectivity index (χ1n) is 7.25. The van der Waals surface area contributed by atoms with Gasteiger partial charge in [0, 0.05) is 0 Å². The standard InChI is InChI=1S/C18H15NO5/c1-23-13-6-4-5-12(9-13)10-16-18(22)19(11-17(20)21)14-7-2-3-8-15(14)24-16/h2-10H,11H2,1H3,(H,20,21). The first-order chi connectivity index (χ1) is 11.6. The molecule has 122 valence electrons. The second-order valence-electron chi connectivity index (χ2n) is 5.14. The highest BCUT2D eigenvalue weighted by Gasteiger charge is 2.31. The summed E-state index contributed by atoms with van der Waals surface area (Å²) in [4.78, 5) is 24.9. The van der Waals surface area contributed by atoms with Crippen molar-refractivity contribution < 1.29 is 24.2 Å². The van der Waals surface area contributed by atoms with Gasteiger partial charge in [-0.1, -0.05) is 24.3 Å². The summed E-state index contributed by atoms with van der Waals surface area (Å²) in [7, 11) is 1.55. The highest BCUT2D eigenvalue weighted by molar-refractivity contribution is 6.11. The molecule has 0 unspecified atom stereocenters. The largest absolute Gasteiger partial charge is 0.497 e. The van der Waals surface area contributed by atoms with Crippen molar-refractivity contribution in [2.75, 3.05) is 18.6 Å². The topological polar surface area (TPSA) is 76.1 Å². The molecule has 6 nitrogen and oxygen atoms in total. The number of ether oxygens (including phenoxy) is 2. The Labute approximate surface area is 138 Å². The molecule has 1 aliphatic heterocycles. The Bertz CT molecular complexity index is 828. The number of rotatable bonds is 4. The number of fused-ring (bicyclic) bond motifs is 1. The molecule has 24 heavy (non-hydrogen) atoms. The van der Waals surface area contributed by atoms with E-state index in [1.54, 1.807) is 61.7 Å². The number of amides is 1. The van der Waals surface area contributed by atoms with Crippen LogP contribution in [0.15, 0.2) is 54.3 Å². The molecule has 1 aliphatic rings. The maximum Gasteiger partial charge on any atom is 0.323 e. The lowest BCUT2D eigenvalue weighted by molar-refractivity contribution is -0.136. The number of carbonyl (C=O) groups excluding carboxylic acids is 1. The summed E-state index contributed by atoms with van der Waals surface area (Å²) in [5, 5.41) is 9.08. The SMILES string of the molecule is COc1cccc(C=C2Oc3ccccc3N(CC(=O)O)C2=O)c1. The fourth-order valence-electron chi connectivity index (χ4n) is 2.44. The number of carboxylic acids is 1. The maximum atomic E-state index is 12.6. The van der Waals surface area contributed by atoms with Crippen LogP contribution in [-0.2, 0) is 9.59 Å². The third-order valence-corrected chi connectivity index (χ3v) is 3.52. The quantitative estimate of drug-likeness (QED) is 0.874. The fourth-order valence-corrected chi connectivity index (χ4v) is 2.44. The molecule has 2 aromatic rings. The van der Waals surface area contributed by atoms with Crippen LogP contribution < -0.4 is 14.4 Å². The number of para-hydroxylation sites is 2. The second kappa shape index (κ2) is 6.45. The summed E-state index contributed by atoms with van der Waals surface area (Å²) in [5.74, 6) is -0.453. The first kappa shape index (κ1) is 15.6. The van der Waals surface area contributed by atoms with E-state index in [0.29, 0.717) is 22.7 Å². The summed E-state index contributed by atoms with van der Waals surface area (Å²) in [6, 6.07) is 14.0. The number of carboxylic acid groups (broad SMARTS) is 1. The molecule has 0 saturated carbocycles. The van der Waals surface area contributed by atoms with E-state index in [2.05, 4.69) is 0 Å². The van der Waals surface area contributed by atoms with Crippen LogP contribution in [0.2, 0.25) is 0 Å². The molecule has 1 heterocycles. The summed E-state index contributed by atoms with van der Waals surface area (Å²) in [6.07, 6.45) is 1.57.